The van der Waals surface area contributed by atoms with Crippen molar-refractivity contribution >= 4 is 17.5 Å². The first kappa shape index (κ1) is 17.0. The highest BCUT2D eigenvalue weighted by Gasteiger charge is 2.33. The maximum atomic E-state index is 12.7. The predicted octanol–water partition coefficient (Wildman–Crippen LogP) is 3.59. The minimum Gasteiger partial charge on any atom is -0.334 e. The van der Waals surface area contributed by atoms with Crippen LogP contribution >= 0.6 is 11.6 Å². The molecule has 0 aliphatic rings. The molecule has 1 aromatic rings. The molecule has 0 aliphatic heterocycles. The number of nitrogens with zero attached hydrogens (tertiary/aromatic N) is 1. The van der Waals surface area contributed by atoms with E-state index in [4.69, 9.17) is 17.3 Å². The van der Waals surface area contributed by atoms with Crippen LogP contribution in [0.3, 0.4) is 0 Å². The van der Waals surface area contributed by atoms with Gasteiger partial charge in [0, 0.05) is 17.6 Å². The summed E-state index contributed by atoms with van der Waals surface area (Å²) in [6.07, 6.45) is 1.58. The average molecular weight is 297 g/mol. The molecule has 0 heterocycles. The van der Waals surface area contributed by atoms with Gasteiger partial charge in [0.15, 0.2) is 0 Å². The van der Waals surface area contributed by atoms with E-state index in [-0.39, 0.29) is 11.9 Å². The SMILES string of the molecule is CCCC(C)(N)C(=O)N(Cc1cccc(Cl)c1)C(C)C. The van der Waals surface area contributed by atoms with E-state index in [0.29, 0.717) is 18.0 Å². The van der Waals surface area contributed by atoms with Gasteiger partial charge in [0.2, 0.25) is 5.91 Å². The maximum absolute atomic E-state index is 12.7. The Balaban J connectivity index is 2.92. The maximum Gasteiger partial charge on any atom is 0.242 e. The Morgan fingerprint density at radius 3 is 2.60 bits per heavy atom. The molecule has 3 nitrogen and oxygen atoms in total. The molecule has 1 amide bonds. The Hall–Kier alpha value is -1.06. The lowest BCUT2D eigenvalue weighted by Gasteiger charge is -2.34. The number of amides is 1. The van der Waals surface area contributed by atoms with Gasteiger partial charge in [0.05, 0.1) is 5.54 Å². The summed E-state index contributed by atoms with van der Waals surface area (Å²) in [6, 6.07) is 7.69. The number of nitrogens with two attached hydrogens (primary N) is 1. The van der Waals surface area contributed by atoms with E-state index in [2.05, 4.69) is 0 Å². The van der Waals surface area contributed by atoms with Gasteiger partial charge in [-0.15, -0.1) is 0 Å². The third kappa shape index (κ3) is 4.50. The average Bonchev–Trinajstić information content (AvgIpc) is 2.34. The van der Waals surface area contributed by atoms with Crippen LogP contribution in [0.4, 0.5) is 0 Å². The van der Waals surface area contributed by atoms with Crippen LogP contribution in [0.15, 0.2) is 24.3 Å². The van der Waals surface area contributed by atoms with Gasteiger partial charge in [0.25, 0.3) is 0 Å². The van der Waals surface area contributed by atoms with Crippen molar-refractivity contribution in [3.05, 3.63) is 34.9 Å². The summed E-state index contributed by atoms with van der Waals surface area (Å²) in [6.45, 7) is 8.39. The van der Waals surface area contributed by atoms with Gasteiger partial charge >= 0.3 is 0 Å². The third-order valence-electron chi connectivity index (χ3n) is 3.38. The van der Waals surface area contributed by atoms with E-state index in [9.17, 15) is 4.79 Å². The lowest BCUT2D eigenvalue weighted by Crippen LogP contribution is -2.54. The largest absolute Gasteiger partial charge is 0.334 e. The smallest absolute Gasteiger partial charge is 0.242 e. The highest BCUT2D eigenvalue weighted by molar-refractivity contribution is 6.30. The fraction of sp³-hybridized carbons (Fsp3) is 0.562. The molecule has 0 fully saturated rings. The van der Waals surface area contributed by atoms with Crippen molar-refractivity contribution < 1.29 is 4.79 Å². The zero-order chi connectivity index (χ0) is 15.3. The van der Waals surface area contributed by atoms with E-state index in [1.54, 1.807) is 0 Å². The highest BCUT2D eigenvalue weighted by Crippen LogP contribution is 2.19. The van der Waals surface area contributed by atoms with Gasteiger partial charge in [-0.25, -0.2) is 0 Å². The monoisotopic (exact) mass is 296 g/mol. The summed E-state index contributed by atoms with van der Waals surface area (Å²) in [4.78, 5) is 14.5. The van der Waals surface area contributed by atoms with E-state index in [1.807, 2.05) is 56.9 Å². The number of benzene rings is 1. The van der Waals surface area contributed by atoms with Crippen molar-refractivity contribution in [1.29, 1.82) is 0 Å². The minimum atomic E-state index is -0.808. The van der Waals surface area contributed by atoms with Crippen molar-refractivity contribution in [2.75, 3.05) is 0 Å². The highest BCUT2D eigenvalue weighted by atomic mass is 35.5. The fourth-order valence-corrected chi connectivity index (χ4v) is 2.49. The van der Waals surface area contributed by atoms with Crippen LogP contribution in [0, 0.1) is 0 Å². The molecule has 1 rings (SSSR count). The Bertz CT molecular complexity index is 458. The first-order chi connectivity index (χ1) is 9.27. The van der Waals surface area contributed by atoms with Gasteiger partial charge in [0.1, 0.15) is 0 Å². The van der Waals surface area contributed by atoms with E-state index >= 15 is 0 Å². The van der Waals surface area contributed by atoms with Crippen LogP contribution < -0.4 is 5.73 Å². The van der Waals surface area contributed by atoms with Crippen LogP contribution in [0.5, 0.6) is 0 Å². The summed E-state index contributed by atoms with van der Waals surface area (Å²) in [5.41, 5.74) is 6.39. The predicted molar refractivity (Wildman–Crippen MR) is 84.6 cm³/mol. The van der Waals surface area contributed by atoms with Crippen LogP contribution in [0.25, 0.3) is 0 Å². The molecule has 0 bridgehead atoms. The van der Waals surface area contributed by atoms with E-state index in [0.717, 1.165) is 12.0 Å². The van der Waals surface area contributed by atoms with Gasteiger partial charge in [-0.2, -0.15) is 0 Å². The zero-order valence-electron chi connectivity index (χ0n) is 12.8. The van der Waals surface area contributed by atoms with Gasteiger partial charge < -0.3 is 10.6 Å². The normalized spacial score (nSPS) is 14.2. The second-order valence-electron chi connectivity index (χ2n) is 5.82. The lowest BCUT2D eigenvalue weighted by atomic mass is 9.95. The number of hydrogen-bond acceptors (Lipinski definition) is 2. The van der Waals surface area contributed by atoms with Crippen LogP contribution in [0.1, 0.15) is 46.1 Å². The topological polar surface area (TPSA) is 46.3 Å². The molecule has 0 saturated carbocycles. The van der Waals surface area contributed by atoms with Crippen molar-refractivity contribution in [2.45, 2.75) is 58.7 Å². The van der Waals surface area contributed by atoms with Gasteiger partial charge in [-0.3, -0.25) is 4.79 Å². The van der Waals surface area contributed by atoms with E-state index in [1.165, 1.54) is 0 Å². The molecule has 0 aromatic heterocycles. The minimum absolute atomic E-state index is 0.00525. The molecule has 1 aromatic carbocycles. The number of hydrogen-bond donors (Lipinski definition) is 1. The molecular weight excluding hydrogens is 272 g/mol. The molecule has 0 spiro atoms. The number of halogens is 1. The molecule has 1 unspecified atom stereocenters. The molecule has 0 radical (unpaired) electrons. The number of rotatable bonds is 6. The van der Waals surface area contributed by atoms with Gasteiger partial charge in [-0.05, 0) is 44.9 Å². The lowest BCUT2D eigenvalue weighted by molar-refractivity contribution is -0.139. The number of carbonyl (C=O) groups excluding carboxylic acids is 1. The summed E-state index contributed by atoms with van der Waals surface area (Å²) < 4.78 is 0. The Morgan fingerprint density at radius 1 is 1.45 bits per heavy atom. The van der Waals surface area contributed by atoms with E-state index < -0.39 is 5.54 Å². The zero-order valence-corrected chi connectivity index (χ0v) is 13.6. The molecule has 0 saturated heterocycles. The molecule has 0 aliphatic carbocycles. The Labute approximate surface area is 127 Å². The molecule has 20 heavy (non-hydrogen) atoms. The first-order valence-electron chi connectivity index (χ1n) is 7.12. The quantitative estimate of drug-likeness (QED) is 0.872. The molecule has 4 heteroatoms. The van der Waals surface area contributed by atoms with Gasteiger partial charge in [-0.1, -0.05) is 37.1 Å². The number of carbonyl (C=O) groups is 1. The second kappa shape index (κ2) is 7.09. The summed E-state index contributed by atoms with van der Waals surface area (Å²) in [5.74, 6) is -0.00525. The Kier molecular flexibility index (Phi) is 6.03. The van der Waals surface area contributed by atoms with Crippen molar-refractivity contribution in [3.63, 3.8) is 0 Å². The van der Waals surface area contributed by atoms with Crippen molar-refractivity contribution in [2.24, 2.45) is 5.73 Å². The molecule has 2 N–H and O–H groups in total. The summed E-state index contributed by atoms with van der Waals surface area (Å²) in [5, 5.41) is 0.683. The van der Waals surface area contributed by atoms with Crippen molar-refractivity contribution in [1.82, 2.24) is 4.90 Å². The molecule has 1 atom stereocenters. The Morgan fingerprint density at radius 2 is 2.10 bits per heavy atom. The second-order valence-corrected chi connectivity index (χ2v) is 6.26. The van der Waals surface area contributed by atoms with Crippen LogP contribution in [-0.2, 0) is 11.3 Å². The molecular formula is C16H25ClN2O. The third-order valence-corrected chi connectivity index (χ3v) is 3.62. The van der Waals surface area contributed by atoms with Crippen LogP contribution in [0.2, 0.25) is 5.02 Å². The standard InChI is InChI=1S/C16H25ClN2O/c1-5-9-16(4,18)15(20)19(12(2)3)11-13-7-6-8-14(17)10-13/h6-8,10,12H,5,9,11,18H2,1-4H3. The summed E-state index contributed by atoms with van der Waals surface area (Å²) >= 11 is 6.00. The first-order valence-corrected chi connectivity index (χ1v) is 7.50. The fourth-order valence-electron chi connectivity index (χ4n) is 2.28. The van der Waals surface area contributed by atoms with Crippen molar-refractivity contribution in [3.8, 4) is 0 Å². The summed E-state index contributed by atoms with van der Waals surface area (Å²) in [7, 11) is 0. The van der Waals surface area contributed by atoms with Crippen LogP contribution in [-0.4, -0.2) is 22.4 Å². The molecule has 112 valence electrons.